The Balaban J connectivity index is 1.87. The van der Waals surface area contributed by atoms with Crippen LogP contribution in [0.25, 0.3) is 0 Å². The predicted molar refractivity (Wildman–Crippen MR) is 87.8 cm³/mol. The molecule has 118 valence electrons. The van der Waals surface area contributed by atoms with Crippen LogP contribution in [0, 0.1) is 11.8 Å². The van der Waals surface area contributed by atoms with Gasteiger partial charge in [0.1, 0.15) is 5.01 Å². The Morgan fingerprint density at radius 1 is 1.43 bits per heavy atom. The molecule has 21 heavy (non-hydrogen) atoms. The van der Waals surface area contributed by atoms with Gasteiger partial charge in [0, 0.05) is 24.4 Å². The fourth-order valence-electron chi connectivity index (χ4n) is 4.08. The third kappa shape index (κ3) is 2.78. The lowest BCUT2D eigenvalue weighted by atomic mass is 9.81. The molecule has 1 heterocycles. The van der Waals surface area contributed by atoms with E-state index in [1.807, 2.05) is 11.3 Å². The van der Waals surface area contributed by atoms with E-state index in [0.29, 0.717) is 0 Å². The highest BCUT2D eigenvalue weighted by Gasteiger charge is 2.53. The summed E-state index contributed by atoms with van der Waals surface area (Å²) in [5.41, 5.74) is 1.49. The van der Waals surface area contributed by atoms with Gasteiger partial charge in [-0.1, -0.05) is 27.2 Å². The largest absolute Gasteiger partial charge is 0.383 e. The van der Waals surface area contributed by atoms with Crippen molar-refractivity contribution in [2.75, 3.05) is 20.3 Å². The summed E-state index contributed by atoms with van der Waals surface area (Å²) in [5.74, 6) is 1.66. The van der Waals surface area contributed by atoms with Gasteiger partial charge in [-0.15, -0.1) is 11.3 Å². The molecular formula is C17H28N2OS. The van der Waals surface area contributed by atoms with Gasteiger partial charge in [0.2, 0.25) is 0 Å². The van der Waals surface area contributed by atoms with Crippen LogP contribution in [0.2, 0.25) is 0 Å². The van der Waals surface area contributed by atoms with E-state index in [-0.39, 0.29) is 11.0 Å². The molecule has 1 aromatic heterocycles. The second kappa shape index (κ2) is 5.64. The van der Waals surface area contributed by atoms with Gasteiger partial charge in [-0.3, -0.25) is 0 Å². The van der Waals surface area contributed by atoms with Crippen molar-refractivity contribution in [3.8, 4) is 0 Å². The fourth-order valence-corrected chi connectivity index (χ4v) is 5.40. The molecule has 0 amide bonds. The first-order valence-electron chi connectivity index (χ1n) is 8.16. The summed E-state index contributed by atoms with van der Waals surface area (Å²) >= 11 is 1.86. The molecule has 2 fully saturated rings. The second-order valence-corrected chi connectivity index (χ2v) is 8.62. The Labute approximate surface area is 132 Å². The molecule has 0 radical (unpaired) electrons. The molecular weight excluding hydrogens is 280 g/mol. The molecule has 2 aliphatic rings. The minimum Gasteiger partial charge on any atom is -0.383 e. The smallest absolute Gasteiger partial charge is 0.113 e. The maximum Gasteiger partial charge on any atom is 0.113 e. The molecule has 0 aromatic carbocycles. The first kappa shape index (κ1) is 15.4. The Morgan fingerprint density at radius 2 is 2.24 bits per heavy atom. The standard InChI is InChI=1S/C17H28N2OS/c1-16(2,3)14-11-21-15(19-14)17(18-7-8-20-4)10-12-5-6-13(17)9-12/h11-13,18H,5-10H2,1-4H3. The molecule has 2 aliphatic carbocycles. The Morgan fingerprint density at radius 3 is 2.76 bits per heavy atom. The Hall–Kier alpha value is -0.450. The minimum absolute atomic E-state index is 0.121. The molecule has 4 heteroatoms. The lowest BCUT2D eigenvalue weighted by Gasteiger charge is -2.37. The van der Waals surface area contributed by atoms with E-state index in [4.69, 9.17) is 9.72 Å². The van der Waals surface area contributed by atoms with Gasteiger partial charge in [0.15, 0.2) is 0 Å². The van der Waals surface area contributed by atoms with Gasteiger partial charge >= 0.3 is 0 Å². The quantitative estimate of drug-likeness (QED) is 0.842. The van der Waals surface area contributed by atoms with Crippen LogP contribution in [0.5, 0.6) is 0 Å². The number of thiazole rings is 1. The first-order chi connectivity index (χ1) is 9.95. The van der Waals surface area contributed by atoms with Crippen molar-refractivity contribution in [2.24, 2.45) is 11.8 Å². The normalized spacial score (nSPS) is 32.0. The van der Waals surface area contributed by atoms with Crippen LogP contribution in [0.4, 0.5) is 0 Å². The van der Waals surface area contributed by atoms with Crippen molar-refractivity contribution >= 4 is 11.3 Å². The molecule has 2 bridgehead atoms. The molecule has 3 rings (SSSR count). The van der Waals surface area contributed by atoms with Crippen molar-refractivity contribution in [3.05, 3.63) is 16.1 Å². The number of hydrogen-bond acceptors (Lipinski definition) is 4. The van der Waals surface area contributed by atoms with Gasteiger partial charge in [0.05, 0.1) is 17.8 Å². The third-order valence-electron chi connectivity index (χ3n) is 5.25. The zero-order chi connectivity index (χ0) is 15.1. The average molecular weight is 308 g/mol. The topological polar surface area (TPSA) is 34.1 Å². The molecule has 3 unspecified atom stereocenters. The summed E-state index contributed by atoms with van der Waals surface area (Å²) < 4.78 is 5.24. The molecule has 2 saturated carbocycles. The molecule has 0 aliphatic heterocycles. The highest BCUT2D eigenvalue weighted by molar-refractivity contribution is 7.09. The Bertz CT molecular complexity index is 493. The second-order valence-electron chi connectivity index (χ2n) is 7.76. The summed E-state index contributed by atoms with van der Waals surface area (Å²) in [5, 5.41) is 7.41. The lowest BCUT2D eigenvalue weighted by molar-refractivity contribution is 0.157. The number of rotatable bonds is 5. The molecule has 3 nitrogen and oxygen atoms in total. The van der Waals surface area contributed by atoms with Gasteiger partial charge < -0.3 is 10.1 Å². The zero-order valence-electron chi connectivity index (χ0n) is 13.7. The van der Waals surface area contributed by atoms with Gasteiger partial charge in [-0.25, -0.2) is 4.98 Å². The maximum absolute atomic E-state index is 5.24. The van der Waals surface area contributed by atoms with Crippen LogP contribution >= 0.6 is 11.3 Å². The molecule has 1 aromatic rings. The van der Waals surface area contributed by atoms with Crippen LogP contribution in [-0.2, 0) is 15.7 Å². The first-order valence-corrected chi connectivity index (χ1v) is 9.04. The number of nitrogens with zero attached hydrogens (tertiary/aromatic N) is 1. The molecule has 3 atom stereocenters. The number of methoxy groups -OCH3 is 1. The predicted octanol–water partition coefficient (Wildman–Crippen LogP) is 3.69. The maximum atomic E-state index is 5.24. The van der Waals surface area contributed by atoms with E-state index >= 15 is 0 Å². The lowest BCUT2D eigenvalue weighted by Crippen LogP contribution is -2.48. The fraction of sp³-hybridized carbons (Fsp3) is 0.824. The highest BCUT2D eigenvalue weighted by Crippen LogP contribution is 2.56. The van der Waals surface area contributed by atoms with Crippen molar-refractivity contribution < 1.29 is 4.74 Å². The Kier molecular flexibility index (Phi) is 4.15. The summed E-state index contributed by atoms with van der Waals surface area (Å²) in [6, 6.07) is 0. The summed E-state index contributed by atoms with van der Waals surface area (Å²) in [6.45, 7) is 8.44. The van der Waals surface area contributed by atoms with Crippen LogP contribution < -0.4 is 5.32 Å². The van der Waals surface area contributed by atoms with Gasteiger partial charge in [0.25, 0.3) is 0 Å². The van der Waals surface area contributed by atoms with E-state index < -0.39 is 0 Å². The van der Waals surface area contributed by atoms with E-state index in [1.54, 1.807) is 7.11 Å². The SMILES string of the molecule is COCCNC1(c2nc(C(C)(C)C)cs2)CC2CCC1C2. The van der Waals surface area contributed by atoms with Crippen molar-refractivity contribution in [3.63, 3.8) is 0 Å². The minimum atomic E-state index is 0.121. The molecule has 1 N–H and O–H groups in total. The van der Waals surface area contributed by atoms with Crippen LogP contribution in [0.15, 0.2) is 5.38 Å². The summed E-state index contributed by atoms with van der Waals surface area (Å²) in [7, 11) is 1.77. The van der Waals surface area contributed by atoms with Gasteiger partial charge in [-0.05, 0) is 31.1 Å². The van der Waals surface area contributed by atoms with Crippen LogP contribution in [0.3, 0.4) is 0 Å². The molecule has 0 spiro atoms. The number of nitrogens with one attached hydrogen (secondary N) is 1. The number of hydrogen-bond donors (Lipinski definition) is 1. The number of ether oxygens (including phenoxy) is 1. The van der Waals surface area contributed by atoms with Crippen molar-refractivity contribution in [1.82, 2.24) is 10.3 Å². The zero-order valence-corrected chi connectivity index (χ0v) is 14.6. The van der Waals surface area contributed by atoms with E-state index in [0.717, 1.165) is 25.0 Å². The van der Waals surface area contributed by atoms with E-state index in [1.165, 1.54) is 36.4 Å². The van der Waals surface area contributed by atoms with E-state index in [9.17, 15) is 0 Å². The summed E-state index contributed by atoms with van der Waals surface area (Å²) in [4.78, 5) is 5.05. The van der Waals surface area contributed by atoms with Crippen molar-refractivity contribution in [1.29, 1.82) is 0 Å². The van der Waals surface area contributed by atoms with Gasteiger partial charge in [-0.2, -0.15) is 0 Å². The van der Waals surface area contributed by atoms with Crippen LogP contribution in [0.1, 0.15) is 57.2 Å². The number of aromatic nitrogens is 1. The van der Waals surface area contributed by atoms with Crippen molar-refractivity contribution in [2.45, 2.75) is 57.4 Å². The average Bonchev–Trinajstić information content (AvgIpc) is 3.13. The third-order valence-corrected chi connectivity index (χ3v) is 6.27. The van der Waals surface area contributed by atoms with Crippen LogP contribution in [-0.4, -0.2) is 25.2 Å². The highest BCUT2D eigenvalue weighted by atomic mass is 32.1. The summed E-state index contributed by atoms with van der Waals surface area (Å²) in [6.07, 6.45) is 5.41. The monoisotopic (exact) mass is 308 g/mol. The number of fused-ring (bicyclic) bond motifs is 2. The van der Waals surface area contributed by atoms with E-state index in [2.05, 4.69) is 31.5 Å². The molecule has 0 saturated heterocycles.